The van der Waals surface area contributed by atoms with Gasteiger partial charge in [-0.2, -0.15) is 0 Å². The van der Waals surface area contributed by atoms with Crippen molar-refractivity contribution in [3.63, 3.8) is 0 Å². The number of likely N-dealkylation sites (tertiary alicyclic amines) is 1. The molecule has 3 unspecified atom stereocenters. The van der Waals surface area contributed by atoms with Crippen LogP contribution in [0.15, 0.2) is 0 Å². The van der Waals surface area contributed by atoms with Crippen molar-refractivity contribution in [2.75, 3.05) is 19.3 Å². The van der Waals surface area contributed by atoms with E-state index < -0.39 is 10.8 Å². The number of alkyl halides is 1. The van der Waals surface area contributed by atoms with E-state index in [9.17, 15) is 9.00 Å². The van der Waals surface area contributed by atoms with Gasteiger partial charge in [0.15, 0.2) is 0 Å². The molecule has 5 heteroatoms. The van der Waals surface area contributed by atoms with Gasteiger partial charge in [0.1, 0.15) is 0 Å². The third kappa shape index (κ3) is 3.87. The van der Waals surface area contributed by atoms with Crippen molar-refractivity contribution in [3.05, 3.63) is 0 Å². The van der Waals surface area contributed by atoms with Gasteiger partial charge in [-0.25, -0.2) is 0 Å². The molecule has 1 rings (SSSR count). The Morgan fingerprint density at radius 3 is 2.93 bits per heavy atom. The van der Waals surface area contributed by atoms with Gasteiger partial charge in [0.05, 0.1) is 4.83 Å². The second-order valence-electron chi connectivity index (χ2n) is 4.03. The van der Waals surface area contributed by atoms with Crippen LogP contribution in [0.1, 0.15) is 26.2 Å². The molecule has 0 radical (unpaired) electrons. The highest BCUT2D eigenvalue weighted by atomic mass is 79.9. The summed E-state index contributed by atoms with van der Waals surface area (Å²) in [5.41, 5.74) is 0. The number of piperidine rings is 1. The fraction of sp³-hybridized carbons (Fsp3) is 0.900. The molecule has 1 amide bonds. The first-order valence-corrected chi connectivity index (χ1v) is 7.81. The van der Waals surface area contributed by atoms with Crippen LogP contribution in [-0.2, 0) is 15.6 Å². The molecule has 0 aromatic heterocycles. The lowest BCUT2D eigenvalue weighted by molar-refractivity contribution is -0.132. The maximum Gasteiger partial charge on any atom is 0.236 e. The second-order valence-corrected chi connectivity index (χ2v) is 6.94. The van der Waals surface area contributed by atoms with Crippen molar-refractivity contribution in [1.29, 1.82) is 0 Å². The Kier molecular flexibility index (Phi) is 5.26. The molecule has 0 bridgehead atoms. The molecule has 0 N–H and O–H groups in total. The summed E-state index contributed by atoms with van der Waals surface area (Å²) in [4.78, 5) is 13.6. The number of amides is 1. The van der Waals surface area contributed by atoms with E-state index in [1.165, 1.54) is 0 Å². The Morgan fingerprint density at radius 2 is 2.33 bits per heavy atom. The molecule has 3 nitrogen and oxygen atoms in total. The fourth-order valence-electron chi connectivity index (χ4n) is 1.62. The lowest BCUT2D eigenvalue weighted by atomic mass is 10.1. The molecular weight excluding hydrogens is 278 g/mol. The van der Waals surface area contributed by atoms with Crippen LogP contribution in [0.5, 0.6) is 0 Å². The van der Waals surface area contributed by atoms with Crippen LogP contribution in [0, 0.1) is 0 Å². The zero-order valence-electron chi connectivity index (χ0n) is 9.24. The standard InChI is InChI=1S/C10H18BrNO2S/c1-8(15(2)14)5-7-12-6-3-4-9(11)10(12)13/h8-9H,3-7H2,1-2H3. The van der Waals surface area contributed by atoms with Gasteiger partial charge in [0, 0.05) is 35.4 Å². The van der Waals surface area contributed by atoms with E-state index in [0.29, 0.717) is 0 Å². The monoisotopic (exact) mass is 295 g/mol. The molecule has 1 fully saturated rings. The van der Waals surface area contributed by atoms with E-state index in [1.54, 1.807) is 6.26 Å². The Hall–Kier alpha value is 0.1000. The maximum atomic E-state index is 11.7. The number of hydrogen-bond donors (Lipinski definition) is 0. The molecule has 1 aliphatic heterocycles. The third-order valence-corrected chi connectivity index (χ3v) is 5.06. The molecule has 1 saturated heterocycles. The van der Waals surface area contributed by atoms with Crippen molar-refractivity contribution in [2.24, 2.45) is 0 Å². The summed E-state index contributed by atoms with van der Waals surface area (Å²) in [6.07, 6.45) is 4.54. The van der Waals surface area contributed by atoms with E-state index in [0.717, 1.165) is 32.4 Å². The van der Waals surface area contributed by atoms with E-state index in [4.69, 9.17) is 0 Å². The molecule has 0 aliphatic carbocycles. The summed E-state index contributed by atoms with van der Waals surface area (Å²) in [6.45, 7) is 3.56. The van der Waals surface area contributed by atoms with Crippen LogP contribution in [0.25, 0.3) is 0 Å². The van der Waals surface area contributed by atoms with Crippen LogP contribution in [0.3, 0.4) is 0 Å². The Bertz CT molecular complexity index is 260. The van der Waals surface area contributed by atoms with E-state index >= 15 is 0 Å². The number of halogens is 1. The van der Waals surface area contributed by atoms with Crippen LogP contribution < -0.4 is 0 Å². The smallest absolute Gasteiger partial charge is 0.236 e. The average Bonchev–Trinajstić information content (AvgIpc) is 2.19. The Labute approximate surface area is 102 Å². The SMILES string of the molecule is CC(CCN1CCCC(Br)C1=O)S(C)=O. The summed E-state index contributed by atoms with van der Waals surface area (Å²) in [7, 11) is -0.784. The molecule has 0 spiro atoms. The average molecular weight is 296 g/mol. The summed E-state index contributed by atoms with van der Waals surface area (Å²) in [6, 6.07) is 0. The van der Waals surface area contributed by atoms with Gasteiger partial charge in [0.25, 0.3) is 0 Å². The highest BCUT2D eigenvalue weighted by Crippen LogP contribution is 2.18. The van der Waals surface area contributed by atoms with Gasteiger partial charge in [-0.3, -0.25) is 9.00 Å². The highest BCUT2D eigenvalue weighted by molar-refractivity contribution is 9.10. The van der Waals surface area contributed by atoms with Gasteiger partial charge in [-0.1, -0.05) is 22.9 Å². The molecule has 0 aromatic rings. The lowest BCUT2D eigenvalue weighted by Crippen LogP contribution is -2.42. The van der Waals surface area contributed by atoms with Crippen LogP contribution in [0.2, 0.25) is 0 Å². The van der Waals surface area contributed by atoms with Crippen molar-refractivity contribution in [1.82, 2.24) is 4.90 Å². The van der Waals surface area contributed by atoms with E-state index in [-0.39, 0.29) is 16.0 Å². The molecule has 15 heavy (non-hydrogen) atoms. The lowest BCUT2D eigenvalue weighted by Gasteiger charge is -2.30. The summed E-state index contributed by atoms with van der Waals surface area (Å²) in [5, 5.41) is 0.175. The van der Waals surface area contributed by atoms with Crippen molar-refractivity contribution in [3.8, 4) is 0 Å². The minimum Gasteiger partial charge on any atom is -0.342 e. The minimum absolute atomic E-state index is 0.00585. The molecule has 88 valence electrons. The molecule has 1 aliphatic rings. The predicted molar refractivity (Wildman–Crippen MR) is 66.7 cm³/mol. The van der Waals surface area contributed by atoms with Gasteiger partial charge in [-0.05, 0) is 19.3 Å². The van der Waals surface area contributed by atoms with Crippen LogP contribution in [-0.4, -0.2) is 44.4 Å². The van der Waals surface area contributed by atoms with Crippen molar-refractivity contribution < 1.29 is 9.00 Å². The van der Waals surface area contributed by atoms with E-state index in [1.807, 2.05) is 11.8 Å². The Morgan fingerprint density at radius 1 is 1.67 bits per heavy atom. The first-order valence-electron chi connectivity index (χ1n) is 5.27. The molecule has 0 saturated carbocycles. The normalized spacial score (nSPS) is 26.5. The topological polar surface area (TPSA) is 37.4 Å². The first kappa shape index (κ1) is 13.2. The van der Waals surface area contributed by atoms with Gasteiger partial charge >= 0.3 is 0 Å². The van der Waals surface area contributed by atoms with Crippen molar-refractivity contribution in [2.45, 2.75) is 36.3 Å². The van der Waals surface area contributed by atoms with Gasteiger partial charge in [0.2, 0.25) is 5.91 Å². The number of hydrogen-bond acceptors (Lipinski definition) is 2. The Balaban J connectivity index is 2.37. The number of carbonyl (C=O) groups excluding carboxylic acids is 1. The number of rotatable bonds is 4. The molecular formula is C10H18BrNO2S. The molecule has 0 aromatic carbocycles. The van der Waals surface area contributed by atoms with Gasteiger partial charge < -0.3 is 4.90 Å². The molecule has 1 heterocycles. The van der Waals surface area contributed by atoms with E-state index in [2.05, 4.69) is 15.9 Å². The fourth-order valence-corrected chi connectivity index (χ4v) is 2.67. The summed E-state index contributed by atoms with van der Waals surface area (Å²) >= 11 is 3.38. The number of carbonyl (C=O) groups is 1. The summed E-state index contributed by atoms with van der Waals surface area (Å²) in [5.74, 6) is 0.190. The zero-order valence-corrected chi connectivity index (χ0v) is 11.6. The predicted octanol–water partition coefficient (Wildman–Crippen LogP) is 1.53. The zero-order chi connectivity index (χ0) is 11.4. The third-order valence-electron chi connectivity index (χ3n) is 2.84. The number of nitrogens with zero attached hydrogens (tertiary/aromatic N) is 1. The van der Waals surface area contributed by atoms with Crippen LogP contribution in [0.4, 0.5) is 0 Å². The second kappa shape index (κ2) is 5.99. The maximum absolute atomic E-state index is 11.7. The summed E-state index contributed by atoms with van der Waals surface area (Å²) < 4.78 is 11.2. The molecule has 3 atom stereocenters. The van der Waals surface area contributed by atoms with Crippen LogP contribution >= 0.6 is 15.9 Å². The largest absolute Gasteiger partial charge is 0.342 e. The van der Waals surface area contributed by atoms with Crippen molar-refractivity contribution >= 4 is 32.6 Å². The first-order chi connectivity index (χ1) is 7.02. The highest BCUT2D eigenvalue weighted by Gasteiger charge is 2.26. The minimum atomic E-state index is -0.784. The quantitative estimate of drug-likeness (QED) is 0.738. The van der Waals surface area contributed by atoms with Gasteiger partial charge in [-0.15, -0.1) is 0 Å².